The lowest BCUT2D eigenvalue weighted by molar-refractivity contribution is 0.470. The summed E-state index contributed by atoms with van der Waals surface area (Å²) in [6, 6.07) is 9.31. The first-order valence-electron chi connectivity index (χ1n) is 6.96. The molecular formula is C16H18N2S3. The Morgan fingerprint density at radius 3 is 2.62 bits per heavy atom. The van der Waals surface area contributed by atoms with Crippen LogP contribution in [0.3, 0.4) is 0 Å². The van der Waals surface area contributed by atoms with E-state index in [0.29, 0.717) is 6.04 Å². The van der Waals surface area contributed by atoms with E-state index in [2.05, 4.69) is 59.2 Å². The number of aromatic nitrogens is 1. The van der Waals surface area contributed by atoms with E-state index in [9.17, 15) is 0 Å². The number of rotatable bonds is 6. The minimum atomic E-state index is 0.274. The molecule has 3 aromatic heterocycles. The molecule has 0 aliphatic heterocycles. The van der Waals surface area contributed by atoms with Crippen molar-refractivity contribution in [1.29, 1.82) is 0 Å². The fraction of sp³-hybridized carbons (Fsp3) is 0.312. The molecule has 110 valence electrons. The molecule has 2 unspecified atom stereocenters. The minimum absolute atomic E-state index is 0.274. The van der Waals surface area contributed by atoms with Crippen molar-refractivity contribution in [2.75, 3.05) is 0 Å². The molecule has 0 saturated carbocycles. The SMILES string of the molecule is Cc1cnc(C(C)NC(Cc2cccs2)c2cccs2)s1. The highest BCUT2D eigenvalue weighted by atomic mass is 32.1. The van der Waals surface area contributed by atoms with E-state index in [4.69, 9.17) is 0 Å². The zero-order valence-electron chi connectivity index (χ0n) is 12.1. The van der Waals surface area contributed by atoms with Gasteiger partial charge >= 0.3 is 0 Å². The average Bonchev–Trinajstić information content (AvgIpc) is 3.20. The molecule has 0 aliphatic carbocycles. The Labute approximate surface area is 137 Å². The maximum absolute atomic E-state index is 4.51. The number of nitrogens with zero attached hydrogens (tertiary/aromatic N) is 1. The van der Waals surface area contributed by atoms with Crippen molar-refractivity contribution in [3.05, 3.63) is 60.9 Å². The molecule has 3 rings (SSSR count). The van der Waals surface area contributed by atoms with E-state index >= 15 is 0 Å². The third-order valence-electron chi connectivity index (χ3n) is 3.33. The molecule has 0 spiro atoms. The molecule has 3 aromatic rings. The standard InChI is InChI=1S/C16H18N2S3/c1-11-10-17-16(21-11)12(2)18-14(15-6-4-8-20-15)9-13-5-3-7-19-13/h3-8,10,12,14,18H,9H2,1-2H3. The highest BCUT2D eigenvalue weighted by molar-refractivity contribution is 7.11. The third-order valence-corrected chi connectivity index (χ3v) is 6.31. The van der Waals surface area contributed by atoms with Crippen molar-refractivity contribution in [2.45, 2.75) is 32.4 Å². The molecule has 1 N–H and O–H groups in total. The second-order valence-corrected chi connectivity index (χ2v) is 8.33. The van der Waals surface area contributed by atoms with Crippen molar-refractivity contribution >= 4 is 34.0 Å². The summed E-state index contributed by atoms with van der Waals surface area (Å²) in [5.74, 6) is 0. The molecule has 0 aromatic carbocycles. The van der Waals surface area contributed by atoms with Gasteiger partial charge < -0.3 is 5.32 Å². The van der Waals surface area contributed by atoms with Crippen LogP contribution in [-0.2, 0) is 6.42 Å². The number of hydrogen-bond acceptors (Lipinski definition) is 5. The smallest absolute Gasteiger partial charge is 0.109 e. The summed E-state index contributed by atoms with van der Waals surface area (Å²) < 4.78 is 0. The largest absolute Gasteiger partial charge is 0.300 e. The molecule has 0 saturated heterocycles. The second kappa shape index (κ2) is 6.83. The van der Waals surface area contributed by atoms with Crippen LogP contribution in [0.1, 0.15) is 38.6 Å². The van der Waals surface area contributed by atoms with Gasteiger partial charge in [-0.05, 0) is 36.7 Å². The van der Waals surface area contributed by atoms with Crippen LogP contribution < -0.4 is 5.32 Å². The van der Waals surface area contributed by atoms with Crippen LogP contribution in [0.2, 0.25) is 0 Å². The topological polar surface area (TPSA) is 24.9 Å². The summed E-state index contributed by atoms with van der Waals surface area (Å²) in [6.07, 6.45) is 2.99. The van der Waals surface area contributed by atoms with Gasteiger partial charge in [0.1, 0.15) is 5.01 Å². The van der Waals surface area contributed by atoms with Gasteiger partial charge in [-0.2, -0.15) is 0 Å². The molecule has 0 bridgehead atoms. The highest BCUT2D eigenvalue weighted by Gasteiger charge is 2.19. The molecule has 5 heteroatoms. The summed E-state index contributed by atoms with van der Waals surface area (Å²) in [6.45, 7) is 4.31. The predicted molar refractivity (Wildman–Crippen MR) is 93.5 cm³/mol. The third kappa shape index (κ3) is 3.80. The Balaban J connectivity index is 1.76. The van der Waals surface area contributed by atoms with Crippen molar-refractivity contribution in [2.24, 2.45) is 0 Å². The van der Waals surface area contributed by atoms with Gasteiger partial charge in [0.2, 0.25) is 0 Å². The van der Waals surface area contributed by atoms with Gasteiger partial charge in [0.25, 0.3) is 0 Å². The van der Waals surface area contributed by atoms with Crippen LogP contribution in [0, 0.1) is 6.92 Å². The number of aryl methyl sites for hydroxylation is 1. The average molecular weight is 335 g/mol. The molecule has 0 amide bonds. The fourth-order valence-electron chi connectivity index (χ4n) is 2.31. The van der Waals surface area contributed by atoms with E-state index < -0.39 is 0 Å². The van der Waals surface area contributed by atoms with Crippen molar-refractivity contribution < 1.29 is 0 Å². The van der Waals surface area contributed by atoms with Gasteiger partial charge in [-0.15, -0.1) is 34.0 Å². The summed E-state index contributed by atoms with van der Waals surface area (Å²) >= 11 is 5.42. The van der Waals surface area contributed by atoms with Gasteiger partial charge in [-0.25, -0.2) is 4.98 Å². The van der Waals surface area contributed by atoms with Crippen LogP contribution in [0.5, 0.6) is 0 Å². The van der Waals surface area contributed by atoms with Crippen LogP contribution >= 0.6 is 34.0 Å². The van der Waals surface area contributed by atoms with Gasteiger partial charge in [-0.1, -0.05) is 12.1 Å². The van der Waals surface area contributed by atoms with Crippen LogP contribution in [-0.4, -0.2) is 4.98 Å². The van der Waals surface area contributed by atoms with Crippen LogP contribution in [0.25, 0.3) is 0 Å². The Morgan fingerprint density at radius 2 is 2.00 bits per heavy atom. The Kier molecular flexibility index (Phi) is 4.85. The van der Waals surface area contributed by atoms with Crippen molar-refractivity contribution in [3.63, 3.8) is 0 Å². The first kappa shape index (κ1) is 14.9. The number of nitrogens with one attached hydrogen (secondary N) is 1. The van der Waals surface area contributed by atoms with Gasteiger partial charge in [0, 0.05) is 33.3 Å². The summed E-state index contributed by atoms with van der Waals surface area (Å²) in [7, 11) is 0. The normalized spacial score (nSPS) is 14.2. The Morgan fingerprint density at radius 1 is 1.19 bits per heavy atom. The number of hydrogen-bond donors (Lipinski definition) is 1. The van der Waals surface area contributed by atoms with Crippen LogP contribution in [0.15, 0.2) is 41.2 Å². The first-order valence-corrected chi connectivity index (χ1v) is 9.54. The Hall–Kier alpha value is -1.01. The molecule has 21 heavy (non-hydrogen) atoms. The monoisotopic (exact) mass is 334 g/mol. The lowest BCUT2D eigenvalue weighted by Gasteiger charge is -2.21. The van der Waals surface area contributed by atoms with Crippen molar-refractivity contribution in [1.82, 2.24) is 10.3 Å². The molecule has 0 fully saturated rings. The summed E-state index contributed by atoms with van der Waals surface area (Å²) in [4.78, 5) is 8.59. The molecule has 2 nitrogen and oxygen atoms in total. The zero-order chi connectivity index (χ0) is 14.7. The molecule has 0 aliphatic rings. The van der Waals surface area contributed by atoms with Crippen LogP contribution in [0.4, 0.5) is 0 Å². The lowest BCUT2D eigenvalue weighted by atomic mass is 10.1. The maximum Gasteiger partial charge on any atom is 0.109 e. The number of thiophene rings is 2. The van der Waals surface area contributed by atoms with Gasteiger partial charge in [-0.3, -0.25) is 0 Å². The number of thiazole rings is 1. The molecule has 2 atom stereocenters. The fourth-order valence-corrected chi connectivity index (χ4v) is 4.63. The summed E-state index contributed by atoms with van der Waals surface area (Å²) in [5, 5.41) is 9.22. The lowest BCUT2D eigenvalue weighted by Crippen LogP contribution is -2.25. The van der Waals surface area contributed by atoms with E-state index in [-0.39, 0.29) is 6.04 Å². The second-order valence-electron chi connectivity index (χ2n) is 5.05. The highest BCUT2D eigenvalue weighted by Crippen LogP contribution is 2.28. The zero-order valence-corrected chi connectivity index (χ0v) is 14.5. The molecular weight excluding hydrogens is 316 g/mol. The molecule has 3 heterocycles. The maximum atomic E-state index is 4.51. The van der Waals surface area contributed by atoms with Crippen molar-refractivity contribution in [3.8, 4) is 0 Å². The predicted octanol–water partition coefficient (Wildman–Crippen LogP) is 5.21. The molecule has 0 radical (unpaired) electrons. The van der Waals surface area contributed by atoms with E-state index in [0.717, 1.165) is 6.42 Å². The van der Waals surface area contributed by atoms with Gasteiger partial charge in [0.15, 0.2) is 0 Å². The quantitative estimate of drug-likeness (QED) is 0.669. The Bertz CT molecular complexity index is 656. The van der Waals surface area contributed by atoms with Gasteiger partial charge in [0.05, 0.1) is 6.04 Å². The summed E-state index contributed by atoms with van der Waals surface area (Å²) in [5.41, 5.74) is 0. The first-order chi connectivity index (χ1) is 10.2. The van der Waals surface area contributed by atoms with E-state index in [1.54, 1.807) is 11.3 Å². The van der Waals surface area contributed by atoms with E-state index in [1.807, 2.05) is 28.9 Å². The minimum Gasteiger partial charge on any atom is -0.300 e. The van der Waals surface area contributed by atoms with E-state index in [1.165, 1.54) is 19.6 Å².